The Morgan fingerprint density at radius 1 is 1.21 bits per heavy atom. The van der Waals surface area contributed by atoms with Crippen molar-refractivity contribution >= 4 is 29.3 Å². The van der Waals surface area contributed by atoms with Gasteiger partial charge in [0.2, 0.25) is 0 Å². The first kappa shape index (κ1) is 22.4. The number of cyclic esters (lactones) is 1. The lowest BCUT2D eigenvalue weighted by Crippen LogP contribution is -2.50. The maximum Gasteiger partial charge on any atom is 0.414 e. The molecule has 0 aliphatic carbocycles. The Morgan fingerprint density at radius 2 is 2.00 bits per heavy atom. The predicted octanol–water partition coefficient (Wildman–Crippen LogP) is 1.43. The largest absolute Gasteiger partial charge is 0.471 e. The fraction of sp³-hybridized carbons (Fsp3) is 0.429. The van der Waals surface area contributed by atoms with E-state index in [0.29, 0.717) is 37.6 Å². The first-order valence-electron chi connectivity index (χ1n) is 10.4. The fourth-order valence-electron chi connectivity index (χ4n) is 3.64. The molecule has 0 radical (unpaired) electrons. The van der Waals surface area contributed by atoms with Crippen molar-refractivity contribution in [2.75, 3.05) is 55.7 Å². The number of amides is 2. The molecule has 4 rings (SSSR count). The summed E-state index contributed by atoms with van der Waals surface area (Å²) < 4.78 is 35.0. The normalized spacial score (nSPS) is 18.3. The Hall–Kier alpha value is -3.83. The third-order valence-corrected chi connectivity index (χ3v) is 5.32. The SMILES string of the molecule is CC(=O)OCC(=O)N1CCN(c2ccc(N3C[C@H](COc4ccon4)OC3=O)cc2F)CC1. The minimum Gasteiger partial charge on any atom is -0.471 e. The number of hydrogen-bond acceptors (Lipinski definition) is 9. The van der Waals surface area contributed by atoms with Gasteiger partial charge in [-0.3, -0.25) is 14.5 Å². The Labute approximate surface area is 188 Å². The Bertz CT molecular complexity index is 1010. The first-order valence-corrected chi connectivity index (χ1v) is 10.4. The van der Waals surface area contributed by atoms with Crippen molar-refractivity contribution in [1.29, 1.82) is 0 Å². The van der Waals surface area contributed by atoms with Gasteiger partial charge in [0.05, 0.1) is 17.9 Å². The van der Waals surface area contributed by atoms with Crippen molar-refractivity contribution in [2.45, 2.75) is 13.0 Å². The van der Waals surface area contributed by atoms with E-state index in [1.165, 1.54) is 30.2 Å². The van der Waals surface area contributed by atoms with Gasteiger partial charge in [0.1, 0.15) is 18.7 Å². The number of carbonyl (C=O) groups excluding carboxylic acids is 3. The predicted molar refractivity (Wildman–Crippen MR) is 111 cm³/mol. The van der Waals surface area contributed by atoms with Gasteiger partial charge < -0.3 is 28.5 Å². The van der Waals surface area contributed by atoms with Crippen LogP contribution in [-0.4, -0.2) is 80.1 Å². The summed E-state index contributed by atoms with van der Waals surface area (Å²) in [6.45, 7) is 2.86. The van der Waals surface area contributed by atoms with Gasteiger partial charge in [0.15, 0.2) is 12.7 Å². The lowest BCUT2D eigenvalue weighted by Gasteiger charge is -2.36. The quantitative estimate of drug-likeness (QED) is 0.564. The zero-order valence-corrected chi connectivity index (χ0v) is 17.9. The number of ether oxygens (including phenoxy) is 3. The molecule has 1 aromatic heterocycles. The van der Waals surface area contributed by atoms with E-state index in [-0.39, 0.29) is 31.5 Å². The third-order valence-electron chi connectivity index (χ3n) is 5.32. The average molecular weight is 462 g/mol. The van der Waals surface area contributed by atoms with Crippen LogP contribution in [0, 0.1) is 5.82 Å². The molecule has 3 heterocycles. The second kappa shape index (κ2) is 9.76. The summed E-state index contributed by atoms with van der Waals surface area (Å²) in [5, 5.41) is 3.62. The Balaban J connectivity index is 1.32. The minimum atomic E-state index is -0.587. The summed E-state index contributed by atoms with van der Waals surface area (Å²) in [4.78, 5) is 39.9. The topological polar surface area (TPSA) is 115 Å². The molecule has 11 nitrogen and oxygen atoms in total. The lowest BCUT2D eigenvalue weighted by atomic mass is 10.2. The number of anilines is 2. The van der Waals surface area contributed by atoms with Gasteiger partial charge in [-0.05, 0) is 23.4 Å². The van der Waals surface area contributed by atoms with Gasteiger partial charge in [-0.1, -0.05) is 0 Å². The van der Waals surface area contributed by atoms with Gasteiger partial charge in [-0.15, -0.1) is 0 Å². The molecule has 1 atom stereocenters. The van der Waals surface area contributed by atoms with Crippen LogP contribution in [0.1, 0.15) is 6.92 Å². The third kappa shape index (κ3) is 5.33. The first-order chi connectivity index (χ1) is 15.9. The van der Waals surface area contributed by atoms with Crippen LogP contribution in [0.2, 0.25) is 0 Å². The zero-order valence-electron chi connectivity index (χ0n) is 17.9. The summed E-state index contributed by atoms with van der Waals surface area (Å²) in [6, 6.07) is 6.08. The maximum absolute atomic E-state index is 14.9. The molecule has 0 saturated carbocycles. The van der Waals surface area contributed by atoms with E-state index in [0.717, 1.165) is 0 Å². The van der Waals surface area contributed by atoms with E-state index in [9.17, 15) is 18.8 Å². The highest BCUT2D eigenvalue weighted by atomic mass is 19.1. The highest BCUT2D eigenvalue weighted by molar-refractivity contribution is 5.90. The van der Waals surface area contributed by atoms with E-state index in [2.05, 4.69) is 9.68 Å². The summed E-state index contributed by atoms with van der Waals surface area (Å²) in [6.07, 6.45) is 0.248. The fourth-order valence-corrected chi connectivity index (χ4v) is 3.64. The molecule has 2 aromatic rings. The zero-order chi connectivity index (χ0) is 23.4. The monoisotopic (exact) mass is 462 g/mol. The lowest BCUT2D eigenvalue weighted by molar-refractivity contribution is -0.150. The van der Waals surface area contributed by atoms with Crippen LogP contribution < -0.4 is 14.5 Å². The van der Waals surface area contributed by atoms with E-state index in [1.54, 1.807) is 17.0 Å². The second-order valence-electron chi connectivity index (χ2n) is 7.55. The number of rotatable bonds is 7. The second-order valence-corrected chi connectivity index (χ2v) is 7.55. The standard InChI is InChI=1S/C21H23FN4O7/c1-14(27)30-13-20(28)25-7-5-24(6-8-25)18-3-2-15(10-17(18)22)26-11-16(33-21(26)29)12-31-19-4-9-32-23-19/h2-4,9-10,16H,5-8,11-13H2,1H3/t16-/m1/s1. The molecule has 176 valence electrons. The number of benzene rings is 1. The Kier molecular flexibility index (Phi) is 6.61. The number of esters is 1. The number of nitrogens with zero attached hydrogens (tertiary/aromatic N) is 4. The summed E-state index contributed by atoms with van der Waals surface area (Å²) in [5.74, 6) is -0.995. The highest BCUT2D eigenvalue weighted by Gasteiger charge is 2.33. The molecule has 2 aliphatic rings. The number of aromatic nitrogens is 1. The summed E-state index contributed by atoms with van der Waals surface area (Å²) >= 11 is 0. The van der Waals surface area contributed by atoms with Crippen LogP contribution in [-0.2, 0) is 19.1 Å². The van der Waals surface area contributed by atoms with Gasteiger partial charge >= 0.3 is 12.1 Å². The molecule has 2 fully saturated rings. The van der Waals surface area contributed by atoms with Crippen molar-refractivity contribution < 1.29 is 37.5 Å². The maximum atomic E-state index is 14.9. The number of halogens is 1. The Morgan fingerprint density at radius 3 is 2.67 bits per heavy atom. The van der Waals surface area contributed by atoms with Gasteiger partial charge in [0.25, 0.3) is 11.8 Å². The molecule has 0 bridgehead atoms. The van der Waals surface area contributed by atoms with E-state index >= 15 is 0 Å². The van der Waals surface area contributed by atoms with E-state index < -0.39 is 24.0 Å². The summed E-state index contributed by atoms with van der Waals surface area (Å²) in [5.41, 5.74) is 0.754. The number of piperazine rings is 1. The molecule has 0 unspecified atom stereocenters. The van der Waals surface area contributed by atoms with Crippen LogP contribution in [0.4, 0.5) is 20.6 Å². The molecule has 2 amide bonds. The molecule has 0 spiro atoms. The van der Waals surface area contributed by atoms with Crippen molar-refractivity contribution in [3.8, 4) is 5.88 Å². The summed E-state index contributed by atoms with van der Waals surface area (Å²) in [7, 11) is 0. The number of hydrogen-bond donors (Lipinski definition) is 0. The minimum absolute atomic E-state index is 0.0930. The molecular weight excluding hydrogens is 439 g/mol. The van der Waals surface area contributed by atoms with Crippen molar-refractivity contribution in [2.24, 2.45) is 0 Å². The molecule has 1 aromatic carbocycles. The highest BCUT2D eigenvalue weighted by Crippen LogP contribution is 2.28. The van der Waals surface area contributed by atoms with Crippen LogP contribution >= 0.6 is 0 Å². The molecular formula is C21H23FN4O7. The van der Waals surface area contributed by atoms with E-state index in [4.69, 9.17) is 14.2 Å². The van der Waals surface area contributed by atoms with Crippen LogP contribution in [0.3, 0.4) is 0 Å². The van der Waals surface area contributed by atoms with Crippen molar-refractivity contribution in [1.82, 2.24) is 10.1 Å². The van der Waals surface area contributed by atoms with Gasteiger partial charge in [-0.25, -0.2) is 9.18 Å². The average Bonchev–Trinajstić information content (AvgIpc) is 3.45. The van der Waals surface area contributed by atoms with E-state index in [1.807, 2.05) is 4.90 Å². The molecule has 12 heteroatoms. The van der Waals surface area contributed by atoms with Crippen LogP contribution in [0.15, 0.2) is 35.1 Å². The van der Waals surface area contributed by atoms with Gasteiger partial charge in [0, 0.05) is 39.2 Å². The van der Waals surface area contributed by atoms with Crippen molar-refractivity contribution in [3.05, 3.63) is 36.3 Å². The molecule has 2 saturated heterocycles. The smallest absolute Gasteiger partial charge is 0.414 e. The van der Waals surface area contributed by atoms with Crippen molar-refractivity contribution in [3.63, 3.8) is 0 Å². The van der Waals surface area contributed by atoms with Crippen LogP contribution in [0.25, 0.3) is 0 Å². The van der Waals surface area contributed by atoms with Gasteiger partial charge in [-0.2, -0.15) is 0 Å². The molecule has 33 heavy (non-hydrogen) atoms. The van der Waals surface area contributed by atoms with Crippen LogP contribution in [0.5, 0.6) is 5.88 Å². The molecule has 2 aliphatic heterocycles. The molecule has 0 N–H and O–H groups in total. The number of carbonyl (C=O) groups is 3.